The van der Waals surface area contributed by atoms with E-state index < -0.39 is 0 Å². The lowest BCUT2D eigenvalue weighted by molar-refractivity contribution is 0.415. The molecule has 0 bridgehead atoms. The number of fused-ring (bicyclic) bond motifs is 3. The zero-order valence-corrected chi connectivity index (χ0v) is 17.8. The highest BCUT2D eigenvalue weighted by atomic mass is 32.2. The number of rotatable bonds is 5. The van der Waals surface area contributed by atoms with Crippen molar-refractivity contribution in [3.05, 3.63) is 72.3 Å². The number of thioether (sulfide) groups is 1. The number of nitrogens with zero attached hydrogens (tertiary/aromatic N) is 5. The number of hydrogen-bond donors (Lipinski definition) is 0. The zero-order valence-electron chi connectivity index (χ0n) is 17.0. The van der Waals surface area contributed by atoms with Crippen LogP contribution in [0, 0.1) is 6.92 Å². The van der Waals surface area contributed by atoms with Crippen LogP contribution in [-0.4, -0.2) is 31.3 Å². The largest absolute Gasteiger partial charge is 0.497 e. The molecule has 0 aliphatic rings. The number of methoxy groups -OCH3 is 1. The number of aromatic nitrogens is 5. The Bertz CT molecular complexity index is 1370. The lowest BCUT2D eigenvalue weighted by Gasteiger charge is -2.07. The van der Waals surface area contributed by atoms with E-state index in [9.17, 15) is 0 Å². The van der Waals surface area contributed by atoms with E-state index >= 15 is 0 Å². The lowest BCUT2D eigenvalue weighted by atomic mass is 10.1. The molecule has 6 nitrogen and oxygen atoms in total. The molecule has 0 saturated heterocycles. The molecule has 150 valence electrons. The highest BCUT2D eigenvalue weighted by Crippen LogP contribution is 2.29. The van der Waals surface area contributed by atoms with Crippen molar-refractivity contribution in [2.24, 2.45) is 7.05 Å². The third-order valence-electron chi connectivity index (χ3n) is 5.08. The molecule has 0 unspecified atom stereocenters. The molecule has 0 amide bonds. The van der Waals surface area contributed by atoms with Crippen LogP contribution >= 0.6 is 11.8 Å². The fourth-order valence-corrected chi connectivity index (χ4v) is 4.51. The Morgan fingerprint density at radius 2 is 1.90 bits per heavy atom. The number of aryl methyl sites for hydroxylation is 2. The average Bonchev–Trinajstić information content (AvgIpc) is 3.34. The van der Waals surface area contributed by atoms with Gasteiger partial charge in [0.25, 0.3) is 0 Å². The van der Waals surface area contributed by atoms with Crippen LogP contribution < -0.4 is 4.74 Å². The van der Waals surface area contributed by atoms with Crippen LogP contribution in [0.1, 0.15) is 11.5 Å². The summed E-state index contributed by atoms with van der Waals surface area (Å²) in [6.07, 6.45) is 2.05. The van der Waals surface area contributed by atoms with Crippen LogP contribution in [0.2, 0.25) is 0 Å². The van der Waals surface area contributed by atoms with Gasteiger partial charge in [0.2, 0.25) is 0 Å². The van der Waals surface area contributed by atoms with Crippen molar-refractivity contribution in [2.45, 2.75) is 17.8 Å². The van der Waals surface area contributed by atoms with Gasteiger partial charge in [-0.05, 0) is 31.2 Å². The first-order valence-electron chi connectivity index (χ1n) is 9.67. The summed E-state index contributed by atoms with van der Waals surface area (Å²) in [5, 5.41) is 6.64. The maximum atomic E-state index is 5.34. The summed E-state index contributed by atoms with van der Waals surface area (Å²) in [7, 11) is 3.70. The van der Waals surface area contributed by atoms with Gasteiger partial charge in [0.15, 0.2) is 5.16 Å². The first-order valence-corrected chi connectivity index (χ1v) is 10.7. The summed E-state index contributed by atoms with van der Waals surface area (Å²) in [5.41, 5.74) is 5.00. The molecule has 0 N–H and O–H groups in total. The third-order valence-corrected chi connectivity index (χ3v) is 6.00. The molecule has 0 atom stereocenters. The van der Waals surface area contributed by atoms with E-state index in [1.165, 1.54) is 0 Å². The van der Waals surface area contributed by atoms with Gasteiger partial charge in [0.05, 0.1) is 35.3 Å². The second kappa shape index (κ2) is 7.50. The molecule has 7 heteroatoms. The third kappa shape index (κ3) is 3.31. The fraction of sp³-hybridized carbons (Fsp3) is 0.174. The Labute approximate surface area is 178 Å². The SMILES string of the molecule is COc1cccc(-c2cn(C)c(CSc3nc4ccccc4c4cc(C)nn34)n2)c1. The van der Waals surface area contributed by atoms with Crippen LogP contribution in [0.3, 0.4) is 0 Å². The van der Waals surface area contributed by atoms with Crippen LogP contribution in [-0.2, 0) is 12.8 Å². The van der Waals surface area contributed by atoms with Crippen LogP contribution in [0.15, 0.2) is 66.0 Å². The number of hydrogen-bond acceptors (Lipinski definition) is 5. The summed E-state index contributed by atoms with van der Waals surface area (Å²) in [5.74, 6) is 2.50. The van der Waals surface area contributed by atoms with Gasteiger partial charge in [0.1, 0.15) is 11.6 Å². The van der Waals surface area contributed by atoms with Gasteiger partial charge >= 0.3 is 0 Å². The van der Waals surface area contributed by atoms with E-state index in [1.807, 2.05) is 67.1 Å². The minimum atomic E-state index is 0.694. The molecule has 0 saturated carbocycles. The zero-order chi connectivity index (χ0) is 20.7. The fourth-order valence-electron chi connectivity index (χ4n) is 3.56. The van der Waals surface area contributed by atoms with Crippen molar-refractivity contribution >= 4 is 28.2 Å². The summed E-state index contributed by atoms with van der Waals surface area (Å²) < 4.78 is 9.34. The Morgan fingerprint density at radius 3 is 2.77 bits per heavy atom. The van der Waals surface area contributed by atoms with Gasteiger partial charge in [0, 0.05) is 24.2 Å². The molecule has 30 heavy (non-hydrogen) atoms. The predicted octanol–water partition coefficient (Wildman–Crippen LogP) is 4.89. The first kappa shape index (κ1) is 18.7. The molecule has 3 heterocycles. The Morgan fingerprint density at radius 1 is 1.03 bits per heavy atom. The summed E-state index contributed by atoms with van der Waals surface area (Å²) >= 11 is 1.64. The van der Waals surface area contributed by atoms with Gasteiger partial charge < -0.3 is 9.30 Å². The highest BCUT2D eigenvalue weighted by Gasteiger charge is 2.14. The predicted molar refractivity (Wildman–Crippen MR) is 120 cm³/mol. The topological polar surface area (TPSA) is 57.2 Å². The molecule has 0 spiro atoms. The van der Waals surface area contributed by atoms with Gasteiger partial charge in [-0.1, -0.05) is 42.1 Å². The van der Waals surface area contributed by atoms with Gasteiger partial charge in [-0.2, -0.15) is 5.10 Å². The van der Waals surface area contributed by atoms with Crippen molar-refractivity contribution in [3.8, 4) is 17.0 Å². The van der Waals surface area contributed by atoms with Crippen molar-refractivity contribution < 1.29 is 4.74 Å². The van der Waals surface area contributed by atoms with Gasteiger partial charge in [-0.25, -0.2) is 14.5 Å². The quantitative estimate of drug-likeness (QED) is 0.302. The van der Waals surface area contributed by atoms with Crippen molar-refractivity contribution in [3.63, 3.8) is 0 Å². The second-order valence-corrected chi connectivity index (χ2v) is 8.11. The minimum Gasteiger partial charge on any atom is -0.497 e. The van der Waals surface area contributed by atoms with Gasteiger partial charge in [-0.3, -0.25) is 0 Å². The molecule has 2 aromatic carbocycles. The number of benzene rings is 2. The highest BCUT2D eigenvalue weighted by molar-refractivity contribution is 7.98. The Balaban J connectivity index is 1.47. The normalized spacial score (nSPS) is 11.4. The van der Waals surface area contributed by atoms with Crippen LogP contribution in [0.5, 0.6) is 5.75 Å². The minimum absolute atomic E-state index is 0.694. The molecule has 0 aliphatic carbocycles. The molecular formula is C23H21N5OS. The second-order valence-electron chi connectivity index (χ2n) is 7.17. The van der Waals surface area contributed by atoms with E-state index in [2.05, 4.69) is 21.8 Å². The van der Waals surface area contributed by atoms with Crippen molar-refractivity contribution in [1.82, 2.24) is 24.1 Å². The first-order chi connectivity index (χ1) is 14.6. The summed E-state index contributed by atoms with van der Waals surface area (Å²) in [4.78, 5) is 9.71. The van der Waals surface area contributed by atoms with E-state index in [0.29, 0.717) is 5.75 Å². The molecule has 5 aromatic rings. The monoisotopic (exact) mass is 415 g/mol. The maximum absolute atomic E-state index is 5.34. The molecule has 0 aliphatic heterocycles. The van der Waals surface area contributed by atoms with E-state index in [0.717, 1.165) is 50.1 Å². The van der Waals surface area contributed by atoms with Crippen LogP contribution in [0.25, 0.3) is 27.7 Å². The lowest BCUT2D eigenvalue weighted by Crippen LogP contribution is -2.00. The van der Waals surface area contributed by atoms with E-state index in [4.69, 9.17) is 14.7 Å². The van der Waals surface area contributed by atoms with Crippen LogP contribution in [0.4, 0.5) is 0 Å². The molecule has 0 radical (unpaired) electrons. The van der Waals surface area contributed by atoms with Crippen molar-refractivity contribution in [1.29, 1.82) is 0 Å². The van der Waals surface area contributed by atoms with Gasteiger partial charge in [-0.15, -0.1) is 0 Å². The van der Waals surface area contributed by atoms with E-state index in [-0.39, 0.29) is 0 Å². The number of ether oxygens (including phenoxy) is 1. The smallest absolute Gasteiger partial charge is 0.190 e. The maximum Gasteiger partial charge on any atom is 0.190 e. The van der Waals surface area contributed by atoms with Crippen molar-refractivity contribution in [2.75, 3.05) is 7.11 Å². The van der Waals surface area contributed by atoms with E-state index in [1.54, 1.807) is 18.9 Å². The average molecular weight is 416 g/mol. The molecule has 5 rings (SSSR count). The Hall–Kier alpha value is -3.32. The standard InChI is InChI=1S/C23H21N5OS/c1-15-11-21-18-9-4-5-10-19(18)25-23(28(21)26-15)30-14-22-24-20(13-27(22)2)16-7-6-8-17(12-16)29-3/h4-13H,14H2,1-3H3. The molecule has 3 aromatic heterocycles. The molecular weight excluding hydrogens is 394 g/mol. The summed E-state index contributed by atoms with van der Waals surface area (Å²) in [6.45, 7) is 2.01. The number of imidazole rings is 1. The Kier molecular flexibility index (Phi) is 4.67. The number of para-hydroxylation sites is 1. The molecule has 0 fully saturated rings. The summed E-state index contributed by atoms with van der Waals surface area (Å²) in [6, 6.07) is 18.3.